The molecule has 15 rings (SSSR count). The topological polar surface area (TPSA) is 41.8 Å². The molecule has 83 heavy (non-hydrogen) atoms. The summed E-state index contributed by atoms with van der Waals surface area (Å²) in [5, 5.41) is 2.67. The molecule has 6 nitrogen and oxygen atoms in total. The van der Waals surface area contributed by atoms with E-state index in [4.69, 9.17) is 26.2 Å². The summed E-state index contributed by atoms with van der Waals surface area (Å²) in [6, 6.07) is 32.9. The summed E-state index contributed by atoms with van der Waals surface area (Å²) in [5.74, 6) is 1.69. The van der Waals surface area contributed by atoms with Gasteiger partial charge in [-0.15, -0.1) is 0 Å². The largest absolute Gasteiger partial charge is 0.0629 e. The van der Waals surface area contributed by atoms with Crippen molar-refractivity contribution in [3.8, 4) is 78.9 Å². The van der Waals surface area contributed by atoms with Gasteiger partial charge >= 0.3 is 392 Å². The number of hydrogen-bond donors (Lipinski definition) is 0. The second-order valence-corrected chi connectivity index (χ2v) is 21.9. The van der Waals surface area contributed by atoms with Gasteiger partial charge in [-0.3, -0.25) is 0 Å². The minimum Gasteiger partial charge on any atom is -0.0617 e. The van der Waals surface area contributed by atoms with Crippen LogP contribution in [0.15, 0.2) is 279 Å². The number of imidazole rings is 1. The summed E-state index contributed by atoms with van der Waals surface area (Å²) in [6.45, 7) is 6.46. The maximum atomic E-state index is 9.78. The van der Waals surface area contributed by atoms with Gasteiger partial charge in [0.2, 0.25) is 0 Å². The maximum Gasteiger partial charge on any atom is 0.0629 e. The smallest absolute Gasteiger partial charge is 0.0617 e. The van der Waals surface area contributed by atoms with Crippen molar-refractivity contribution in [3.63, 3.8) is 0 Å². The molecule has 400 valence electrons. The molecule has 0 amide bonds. The first-order chi connectivity index (χ1) is 49.0. The standard InChI is InChI=1S/C76H55N5O.Pt/c1-76(2,3)57-41-42-77-74(45-57)81-68-32-17-16-31-62(68)63-38-37-61(49-73(63)81)82-60-30-20-29-58(46-60)78-50-79(72-34-19-18-33-71(72)78)75-64(53-25-12-6-13-26-53)47-59(48-65(75)54-27-14-7-15-28-54)80-69-39-35-55(51-21-8-4-9-22-51)43-66(69)67-44-56(36-40-70(67)80)52-23-10-5-11-24-52;/h4-49H,1-3H3;/i4D,5D,6D,7D,8D,9D,10D,11D,12D,13D,14D,15D,21D,22D,23D,24D,25D,26D,27D,28D;. The molecule has 15 aromatic rings. The quantitative estimate of drug-likeness (QED) is 0.137. The Morgan fingerprint density at radius 1 is 0.386 bits per heavy atom. The zero-order valence-corrected chi connectivity index (χ0v) is 46.7. The van der Waals surface area contributed by atoms with Gasteiger partial charge in [-0.05, 0) is 17.0 Å². The Balaban J connectivity index is 1.01. The van der Waals surface area contributed by atoms with Gasteiger partial charge in [-0.1, -0.05) is 93.3 Å². The van der Waals surface area contributed by atoms with E-state index in [0.29, 0.717) is 53.8 Å². The van der Waals surface area contributed by atoms with Gasteiger partial charge in [0.25, 0.3) is 0 Å². The van der Waals surface area contributed by atoms with Crippen LogP contribution in [-0.2, 0) is 24.8 Å². The molecule has 0 saturated heterocycles. The van der Waals surface area contributed by atoms with E-state index in [2.05, 4.69) is 62.9 Å². The Morgan fingerprint density at radius 2 is 0.904 bits per heavy atom. The number of benzene rings is 11. The molecule has 0 spiro atoms. The van der Waals surface area contributed by atoms with E-state index < -0.39 is 121 Å². The first-order valence-electron chi connectivity index (χ1n) is 36.5. The fraction of sp³-hybridized carbons (Fsp3) is 0.0526. The molecule has 0 N–H and O–H groups in total. The van der Waals surface area contributed by atoms with Gasteiger partial charge < -0.3 is 0 Å². The van der Waals surface area contributed by atoms with Gasteiger partial charge in [0.05, 0.1) is 13.7 Å². The van der Waals surface area contributed by atoms with Crippen molar-refractivity contribution in [2.75, 3.05) is 0 Å². The van der Waals surface area contributed by atoms with E-state index in [1.54, 1.807) is 69.8 Å². The zero-order valence-electron chi connectivity index (χ0n) is 64.5. The van der Waals surface area contributed by atoms with Crippen molar-refractivity contribution < 1.29 is 51.5 Å². The third-order valence-corrected chi connectivity index (χ3v) is 16.0. The summed E-state index contributed by atoms with van der Waals surface area (Å²) >= 11 is 2.12. The average molecular weight is 1270 g/mol. The van der Waals surface area contributed by atoms with Crippen LogP contribution < -0.4 is 4.74 Å². The van der Waals surface area contributed by atoms with Crippen LogP contribution in [0.1, 0.15) is 53.7 Å². The predicted octanol–water partition coefficient (Wildman–Crippen LogP) is 19.8. The SMILES string of the molecule is [2H]c1c([2H])c([2H])c(-c2ccc3c(c2)c2cc(-c4c([2H])c([2H])c([2H])c([2H])c4[2H])ccc2n3-c2cc(-c3c([2H])c([2H])c([2H])c([2H])c3[2H])c(-n3[c](=[Pt])n(-c4cccc(Oc5ccc6c7ccccc7n(-c7cc(C(C)(C)C)ccn7)c6c5)c4)c4ccccc43)c(-c3c([2H])c([2H])c([2H])c([2H])c3[2H])c2)c([2H])c1[2H]. The normalized spacial score (nSPS) is 15.2. The molecule has 0 radical (unpaired) electrons. The van der Waals surface area contributed by atoms with Gasteiger partial charge in [0.1, 0.15) is 0 Å². The minimum atomic E-state index is -0.708. The Kier molecular flexibility index (Phi) is 8.10. The molecule has 0 saturated carbocycles. The summed E-state index contributed by atoms with van der Waals surface area (Å²) < 4.78 is 196. The molecule has 0 aliphatic heterocycles. The first-order valence-corrected chi connectivity index (χ1v) is 27.7. The van der Waals surface area contributed by atoms with Crippen molar-refractivity contribution in [1.82, 2.24) is 23.3 Å². The van der Waals surface area contributed by atoms with E-state index >= 15 is 0 Å². The van der Waals surface area contributed by atoms with Crippen molar-refractivity contribution in [2.45, 2.75) is 26.2 Å². The predicted molar refractivity (Wildman–Crippen MR) is 339 cm³/mol. The second-order valence-electron chi connectivity index (χ2n) is 20.9. The van der Waals surface area contributed by atoms with Crippen molar-refractivity contribution >= 4 is 54.6 Å². The molecule has 7 heteroatoms. The van der Waals surface area contributed by atoms with Crippen molar-refractivity contribution in [1.29, 1.82) is 0 Å². The molecule has 4 aromatic heterocycles. The second kappa shape index (κ2) is 20.3. The third kappa shape index (κ3) is 8.77. The minimum absolute atomic E-state index is 0.0205. The number of para-hydroxylation sites is 3. The molecule has 0 bridgehead atoms. The Hall–Kier alpha value is -9.87. The van der Waals surface area contributed by atoms with E-state index in [-0.39, 0.29) is 61.3 Å². The van der Waals surface area contributed by atoms with E-state index in [1.807, 2.05) is 83.6 Å². The summed E-state index contributed by atoms with van der Waals surface area (Å²) in [4.78, 5) is 4.86. The van der Waals surface area contributed by atoms with Gasteiger partial charge in [0.15, 0.2) is 0 Å². The molecular formula is C76H55N5OPt. The van der Waals surface area contributed by atoms with Gasteiger partial charge in [-0.2, -0.15) is 0 Å². The number of rotatable bonds is 10. The van der Waals surface area contributed by atoms with E-state index in [1.165, 1.54) is 0 Å². The van der Waals surface area contributed by atoms with Gasteiger partial charge in [-0.25, -0.2) is 0 Å². The molecule has 4 heterocycles. The van der Waals surface area contributed by atoms with Crippen LogP contribution in [0, 0.1) is 3.80 Å². The Morgan fingerprint density at radius 3 is 1.49 bits per heavy atom. The van der Waals surface area contributed by atoms with Gasteiger partial charge in [0, 0.05) is 6.20 Å². The van der Waals surface area contributed by atoms with Crippen LogP contribution in [0.3, 0.4) is 0 Å². The molecule has 0 aliphatic rings. The molecular weight excluding hydrogens is 1190 g/mol. The number of pyridine rings is 1. The zero-order chi connectivity index (χ0) is 73.2. The molecule has 0 atom stereocenters. The third-order valence-electron chi connectivity index (χ3n) is 15.0. The fourth-order valence-corrected chi connectivity index (χ4v) is 12.3. The van der Waals surface area contributed by atoms with Crippen LogP contribution in [-0.4, -0.2) is 23.3 Å². The number of nitrogens with zero attached hydrogens (tertiary/aromatic N) is 5. The van der Waals surface area contributed by atoms with Crippen LogP contribution in [0.5, 0.6) is 11.5 Å². The monoisotopic (exact) mass is 1270 g/mol. The summed E-state index contributed by atoms with van der Waals surface area (Å²) in [7, 11) is 0. The number of aromatic nitrogens is 5. The maximum absolute atomic E-state index is 9.78. The van der Waals surface area contributed by atoms with Crippen molar-refractivity contribution in [3.05, 3.63) is 288 Å². The van der Waals surface area contributed by atoms with Crippen molar-refractivity contribution in [2.24, 2.45) is 0 Å². The molecule has 0 unspecified atom stereocenters. The Bertz CT molecular complexity index is 6000. The van der Waals surface area contributed by atoms with E-state index in [0.717, 1.165) is 33.2 Å². The molecule has 0 aliphatic carbocycles. The van der Waals surface area contributed by atoms with Crippen LogP contribution >= 0.6 is 0 Å². The summed E-state index contributed by atoms with van der Waals surface area (Å²) in [6.07, 6.45) is 1.82. The Labute approximate surface area is 520 Å². The number of hydrogen-bond acceptors (Lipinski definition) is 2. The van der Waals surface area contributed by atoms with Crippen LogP contribution in [0.4, 0.5) is 0 Å². The average Bonchev–Trinajstić information content (AvgIpc) is 0.956. The van der Waals surface area contributed by atoms with Crippen LogP contribution in [0.2, 0.25) is 0 Å². The number of fused-ring (bicyclic) bond motifs is 7. The fourth-order valence-electron chi connectivity index (χ4n) is 11.2. The van der Waals surface area contributed by atoms with E-state index in [9.17, 15) is 11.0 Å². The number of ether oxygens (including phenoxy) is 1. The van der Waals surface area contributed by atoms with Crippen LogP contribution in [0.25, 0.3) is 122 Å². The molecule has 0 fully saturated rings. The first kappa shape index (κ1) is 33.2. The molecule has 11 aromatic carbocycles. The summed E-state index contributed by atoms with van der Waals surface area (Å²) in [5.41, 5.74) is 4.36.